The lowest BCUT2D eigenvalue weighted by atomic mass is 9.96. The molecule has 0 aliphatic heterocycles. The molecule has 1 aromatic carbocycles. The molecule has 0 saturated heterocycles. The first kappa shape index (κ1) is 17.9. The minimum absolute atomic E-state index is 0.101. The van der Waals surface area contributed by atoms with Crippen molar-refractivity contribution in [3.05, 3.63) is 35.9 Å². The zero-order valence-electron chi connectivity index (χ0n) is 13.5. The van der Waals surface area contributed by atoms with Crippen LogP contribution in [0.2, 0.25) is 0 Å². The molecule has 0 aromatic heterocycles. The van der Waals surface area contributed by atoms with Gasteiger partial charge in [0.25, 0.3) is 0 Å². The van der Waals surface area contributed by atoms with E-state index in [0.29, 0.717) is 0 Å². The Balaban J connectivity index is 3.04. The van der Waals surface area contributed by atoms with Crippen LogP contribution in [0.1, 0.15) is 38.3 Å². The number of hydrogen-bond donors (Lipinski definition) is 0. The van der Waals surface area contributed by atoms with Gasteiger partial charge in [-0.1, -0.05) is 44.2 Å². The second-order valence-electron chi connectivity index (χ2n) is 5.24. The summed E-state index contributed by atoms with van der Waals surface area (Å²) in [4.78, 5) is 27.7. The zero-order chi connectivity index (χ0) is 16.5. The van der Waals surface area contributed by atoms with Crippen molar-refractivity contribution in [3.8, 4) is 0 Å². The fourth-order valence-corrected chi connectivity index (χ4v) is 2.09. The van der Waals surface area contributed by atoms with Gasteiger partial charge in [0.2, 0.25) is 0 Å². The molecule has 5 heteroatoms. The number of benzene rings is 1. The molecule has 0 heterocycles. The number of aliphatic imine (C=N–C) groups is 1. The van der Waals surface area contributed by atoms with E-state index in [-0.39, 0.29) is 36.5 Å². The first-order valence-electron chi connectivity index (χ1n) is 7.26. The lowest BCUT2D eigenvalue weighted by Gasteiger charge is -2.18. The average Bonchev–Trinajstić information content (AvgIpc) is 2.54. The highest BCUT2D eigenvalue weighted by atomic mass is 16.5. The highest BCUT2D eigenvalue weighted by Crippen LogP contribution is 2.26. The van der Waals surface area contributed by atoms with Crippen molar-refractivity contribution < 1.29 is 19.1 Å². The van der Waals surface area contributed by atoms with E-state index in [2.05, 4.69) is 9.73 Å². The summed E-state index contributed by atoms with van der Waals surface area (Å²) in [7, 11) is 2.63. The van der Waals surface area contributed by atoms with Crippen LogP contribution >= 0.6 is 0 Å². The molecule has 22 heavy (non-hydrogen) atoms. The van der Waals surface area contributed by atoms with Gasteiger partial charge in [-0.15, -0.1) is 0 Å². The Hall–Kier alpha value is -2.17. The molecule has 0 N–H and O–H groups in total. The Morgan fingerprint density at radius 1 is 1.05 bits per heavy atom. The number of nitrogens with zero attached hydrogens (tertiary/aromatic N) is 1. The number of hydrogen-bond acceptors (Lipinski definition) is 5. The van der Waals surface area contributed by atoms with Crippen LogP contribution < -0.4 is 0 Å². The van der Waals surface area contributed by atoms with E-state index >= 15 is 0 Å². The van der Waals surface area contributed by atoms with Crippen molar-refractivity contribution in [1.29, 1.82) is 0 Å². The van der Waals surface area contributed by atoms with Crippen molar-refractivity contribution in [2.75, 3.05) is 14.2 Å². The highest BCUT2D eigenvalue weighted by Gasteiger charge is 2.20. The summed E-state index contributed by atoms with van der Waals surface area (Å²) < 4.78 is 9.38. The smallest absolute Gasteiger partial charge is 0.351 e. The summed E-state index contributed by atoms with van der Waals surface area (Å²) in [6.07, 6.45) is 0.305. The Labute approximate surface area is 131 Å². The third-order valence-corrected chi connectivity index (χ3v) is 3.28. The predicted octanol–water partition coefficient (Wildman–Crippen LogP) is 2.95. The van der Waals surface area contributed by atoms with Crippen LogP contribution in [-0.2, 0) is 19.1 Å². The molecule has 0 amide bonds. The fraction of sp³-hybridized carbons (Fsp3) is 0.471. The molecule has 1 unspecified atom stereocenters. The molecule has 0 radical (unpaired) electrons. The average molecular weight is 305 g/mol. The van der Waals surface area contributed by atoms with Crippen molar-refractivity contribution in [2.24, 2.45) is 10.9 Å². The second-order valence-corrected chi connectivity index (χ2v) is 5.24. The number of esters is 2. The first-order chi connectivity index (χ1) is 10.5. The molecule has 0 saturated carbocycles. The van der Waals surface area contributed by atoms with Crippen LogP contribution in [0.15, 0.2) is 35.3 Å². The molecule has 5 nitrogen and oxygen atoms in total. The van der Waals surface area contributed by atoms with E-state index < -0.39 is 5.97 Å². The third-order valence-electron chi connectivity index (χ3n) is 3.28. The molecular formula is C17H23NO4. The zero-order valence-corrected chi connectivity index (χ0v) is 13.5. The largest absolute Gasteiger partial charge is 0.469 e. The van der Waals surface area contributed by atoms with Crippen LogP contribution in [0.3, 0.4) is 0 Å². The van der Waals surface area contributed by atoms with Gasteiger partial charge in [0, 0.05) is 6.42 Å². The van der Waals surface area contributed by atoms with Gasteiger partial charge in [-0.2, -0.15) is 0 Å². The van der Waals surface area contributed by atoms with E-state index in [9.17, 15) is 9.59 Å². The third kappa shape index (κ3) is 5.31. The Kier molecular flexibility index (Phi) is 7.29. The summed E-state index contributed by atoms with van der Waals surface area (Å²) in [6.45, 7) is 4.08. The quantitative estimate of drug-likeness (QED) is 0.574. The first-order valence-corrected chi connectivity index (χ1v) is 7.26. The minimum Gasteiger partial charge on any atom is -0.469 e. The monoisotopic (exact) mass is 305 g/mol. The van der Waals surface area contributed by atoms with Crippen LogP contribution in [-0.4, -0.2) is 31.9 Å². The molecule has 0 spiro atoms. The number of carbonyl (C=O) groups is 2. The predicted molar refractivity (Wildman–Crippen MR) is 84.7 cm³/mol. The highest BCUT2D eigenvalue weighted by molar-refractivity contribution is 6.36. The summed E-state index contributed by atoms with van der Waals surface area (Å²) in [5.74, 6) is -0.678. The van der Waals surface area contributed by atoms with E-state index in [1.165, 1.54) is 14.2 Å². The second kappa shape index (κ2) is 8.97. The molecule has 0 fully saturated rings. The van der Waals surface area contributed by atoms with Gasteiger partial charge in [0.1, 0.15) is 5.71 Å². The molecule has 0 aliphatic rings. The van der Waals surface area contributed by atoms with Crippen molar-refractivity contribution in [2.45, 2.75) is 32.7 Å². The normalized spacial score (nSPS) is 12.9. The maximum Gasteiger partial charge on any atom is 0.351 e. The van der Waals surface area contributed by atoms with Crippen LogP contribution in [0.25, 0.3) is 0 Å². The van der Waals surface area contributed by atoms with E-state index in [4.69, 9.17) is 4.74 Å². The standard InChI is InChI=1S/C17H23NO4/c1-12(2)16(13-8-6-5-7-9-13)18-14(17(20)22-4)10-11-15(19)21-3/h5-9,12,16H,10-11H2,1-4H3/b18-14+. The van der Waals surface area contributed by atoms with Gasteiger partial charge in [-0.3, -0.25) is 9.79 Å². The van der Waals surface area contributed by atoms with Gasteiger partial charge in [0.15, 0.2) is 0 Å². The Bertz CT molecular complexity index is 523. The van der Waals surface area contributed by atoms with Gasteiger partial charge >= 0.3 is 11.9 Å². The van der Waals surface area contributed by atoms with Crippen molar-refractivity contribution in [3.63, 3.8) is 0 Å². The van der Waals surface area contributed by atoms with Gasteiger partial charge in [-0.05, 0) is 11.5 Å². The fourth-order valence-electron chi connectivity index (χ4n) is 2.09. The lowest BCUT2D eigenvalue weighted by molar-refractivity contribution is -0.140. The molecule has 120 valence electrons. The summed E-state index contributed by atoms with van der Waals surface area (Å²) in [5, 5.41) is 0. The molecule has 1 atom stereocenters. The Morgan fingerprint density at radius 2 is 1.68 bits per heavy atom. The maximum atomic E-state index is 11.9. The van der Waals surface area contributed by atoms with E-state index in [1.807, 2.05) is 44.2 Å². The lowest BCUT2D eigenvalue weighted by Crippen LogP contribution is -2.20. The van der Waals surface area contributed by atoms with Crippen molar-refractivity contribution in [1.82, 2.24) is 0 Å². The van der Waals surface area contributed by atoms with E-state index in [0.717, 1.165) is 5.56 Å². The van der Waals surface area contributed by atoms with Gasteiger partial charge < -0.3 is 9.47 Å². The summed E-state index contributed by atoms with van der Waals surface area (Å²) in [6, 6.07) is 9.60. The maximum absolute atomic E-state index is 11.9. The summed E-state index contributed by atoms with van der Waals surface area (Å²) >= 11 is 0. The molecule has 1 aromatic rings. The summed E-state index contributed by atoms with van der Waals surface area (Å²) in [5.41, 5.74) is 1.28. The number of rotatable bonds is 7. The molecule has 1 rings (SSSR count). The van der Waals surface area contributed by atoms with Gasteiger partial charge in [-0.25, -0.2) is 4.79 Å². The minimum atomic E-state index is -0.509. The van der Waals surface area contributed by atoms with E-state index in [1.54, 1.807) is 0 Å². The SMILES string of the molecule is COC(=O)CC/C(=N\C(c1ccccc1)C(C)C)C(=O)OC. The number of carbonyl (C=O) groups excluding carboxylic acids is 2. The Morgan fingerprint density at radius 3 is 2.18 bits per heavy atom. The van der Waals surface area contributed by atoms with Crippen LogP contribution in [0.5, 0.6) is 0 Å². The number of methoxy groups -OCH3 is 2. The number of ether oxygens (including phenoxy) is 2. The molecular weight excluding hydrogens is 282 g/mol. The van der Waals surface area contributed by atoms with Crippen LogP contribution in [0, 0.1) is 5.92 Å². The van der Waals surface area contributed by atoms with Crippen molar-refractivity contribution >= 4 is 17.7 Å². The molecule has 0 aliphatic carbocycles. The topological polar surface area (TPSA) is 65.0 Å². The molecule has 0 bridgehead atoms. The van der Waals surface area contributed by atoms with Gasteiger partial charge in [0.05, 0.1) is 26.7 Å². The van der Waals surface area contributed by atoms with Crippen LogP contribution in [0.4, 0.5) is 0 Å².